The van der Waals surface area contributed by atoms with Gasteiger partial charge in [0.15, 0.2) is 0 Å². The van der Waals surface area contributed by atoms with Gasteiger partial charge in [-0.15, -0.1) is 0 Å². The molecule has 0 spiro atoms. The fourth-order valence-corrected chi connectivity index (χ4v) is 2.68. The Kier molecular flexibility index (Phi) is 7.57. The van der Waals surface area contributed by atoms with Crippen LogP contribution in [0.1, 0.15) is 6.92 Å². The van der Waals surface area contributed by atoms with Crippen LogP contribution in [0.5, 0.6) is 0 Å². The molecular weight excluding hydrogens is 349 g/mol. The van der Waals surface area contributed by atoms with Crippen molar-refractivity contribution in [2.75, 3.05) is 11.5 Å². The molecule has 5 nitrogen and oxygen atoms in total. The molecule has 3 aromatic rings. The van der Waals surface area contributed by atoms with Crippen LogP contribution in [0.2, 0.25) is 0 Å². The lowest BCUT2D eigenvalue weighted by Crippen LogP contribution is -2.09. The zero-order valence-corrected chi connectivity index (χ0v) is 15.4. The number of phosphoric acid groups is 1. The van der Waals surface area contributed by atoms with Crippen LogP contribution in [-0.2, 0) is 9.09 Å². The maximum atomic E-state index is 9.70. The van der Waals surface area contributed by atoms with Crippen molar-refractivity contribution in [2.24, 2.45) is 0 Å². The average molecular weight is 371 g/mol. The number of rotatable bonds is 5. The lowest BCUT2D eigenvalue weighted by Gasteiger charge is -2.25. The number of hydrogen-bond donors (Lipinski definition) is 2. The highest BCUT2D eigenvalue weighted by atomic mass is 31.2. The van der Waals surface area contributed by atoms with Gasteiger partial charge in [0, 0.05) is 17.1 Å². The van der Waals surface area contributed by atoms with Gasteiger partial charge in [-0.1, -0.05) is 54.6 Å². The second-order valence-corrected chi connectivity index (χ2v) is 6.49. The smallest absolute Gasteiger partial charge is 0.311 e. The summed E-state index contributed by atoms with van der Waals surface area (Å²) in [6, 6.07) is 31.3. The minimum atomic E-state index is -4.17. The van der Waals surface area contributed by atoms with E-state index in [0.717, 1.165) is 0 Å². The molecule has 3 rings (SSSR count). The molecule has 0 bridgehead atoms. The average Bonchev–Trinajstić information content (AvgIpc) is 2.64. The predicted octanol–water partition coefficient (Wildman–Crippen LogP) is 5.27. The summed E-state index contributed by atoms with van der Waals surface area (Å²) in [5, 5.41) is 0. The van der Waals surface area contributed by atoms with E-state index < -0.39 is 7.82 Å². The van der Waals surface area contributed by atoms with Crippen LogP contribution < -0.4 is 4.90 Å². The second-order valence-electron chi connectivity index (χ2n) is 5.25. The van der Waals surface area contributed by atoms with Gasteiger partial charge in [-0.05, 0) is 43.3 Å². The number of hydrogen-bond acceptors (Lipinski definition) is 3. The van der Waals surface area contributed by atoms with Crippen molar-refractivity contribution in [3.8, 4) is 0 Å². The van der Waals surface area contributed by atoms with Crippen LogP contribution in [0, 0.1) is 0 Å². The Morgan fingerprint density at radius 2 is 1.04 bits per heavy atom. The molecule has 0 amide bonds. The van der Waals surface area contributed by atoms with Crippen molar-refractivity contribution in [2.45, 2.75) is 6.92 Å². The van der Waals surface area contributed by atoms with Gasteiger partial charge in [-0.2, -0.15) is 0 Å². The van der Waals surface area contributed by atoms with Crippen LogP contribution >= 0.6 is 7.82 Å². The van der Waals surface area contributed by atoms with E-state index in [9.17, 15) is 4.57 Å². The normalized spacial score (nSPS) is 10.6. The van der Waals surface area contributed by atoms with Gasteiger partial charge in [0.05, 0.1) is 6.61 Å². The first-order valence-corrected chi connectivity index (χ1v) is 9.69. The van der Waals surface area contributed by atoms with E-state index >= 15 is 0 Å². The van der Waals surface area contributed by atoms with Crippen LogP contribution in [0.4, 0.5) is 17.1 Å². The molecule has 0 unspecified atom stereocenters. The molecule has 0 aliphatic carbocycles. The van der Waals surface area contributed by atoms with E-state index in [2.05, 4.69) is 82.2 Å². The van der Waals surface area contributed by atoms with Gasteiger partial charge >= 0.3 is 7.82 Å². The molecule has 136 valence electrons. The van der Waals surface area contributed by atoms with E-state index in [1.54, 1.807) is 0 Å². The summed E-state index contributed by atoms with van der Waals surface area (Å²) in [4.78, 5) is 18.1. The van der Waals surface area contributed by atoms with Crippen molar-refractivity contribution in [1.82, 2.24) is 0 Å². The summed E-state index contributed by atoms with van der Waals surface area (Å²) in [6.07, 6.45) is 0. The van der Waals surface area contributed by atoms with E-state index in [1.807, 2.05) is 18.2 Å². The van der Waals surface area contributed by atoms with Gasteiger partial charge < -0.3 is 14.7 Å². The highest BCUT2D eigenvalue weighted by Crippen LogP contribution is 2.35. The zero-order chi connectivity index (χ0) is 18.8. The van der Waals surface area contributed by atoms with E-state index in [-0.39, 0.29) is 6.61 Å². The SMILES string of the molecule is CCOP(=O)(O)O.c1ccc(N(c2ccccc2)c2ccccc2)cc1. The molecule has 0 heterocycles. The van der Waals surface area contributed by atoms with Gasteiger partial charge in [0.25, 0.3) is 0 Å². The molecular formula is C20H22NO4P. The van der Waals surface area contributed by atoms with E-state index in [1.165, 1.54) is 24.0 Å². The lowest BCUT2D eigenvalue weighted by atomic mass is 10.2. The largest absolute Gasteiger partial charge is 0.469 e. The van der Waals surface area contributed by atoms with Crippen molar-refractivity contribution in [3.05, 3.63) is 91.0 Å². The summed E-state index contributed by atoms with van der Waals surface area (Å²) < 4.78 is 13.6. The first-order valence-electron chi connectivity index (χ1n) is 8.16. The summed E-state index contributed by atoms with van der Waals surface area (Å²) >= 11 is 0. The maximum Gasteiger partial charge on any atom is 0.469 e. The number of benzene rings is 3. The molecule has 0 aliphatic rings. The summed E-state index contributed by atoms with van der Waals surface area (Å²) in [5.74, 6) is 0. The molecule has 6 heteroatoms. The van der Waals surface area contributed by atoms with Gasteiger partial charge in [0.2, 0.25) is 0 Å². The second kappa shape index (κ2) is 9.90. The van der Waals surface area contributed by atoms with Gasteiger partial charge in [-0.3, -0.25) is 4.52 Å². The third-order valence-corrected chi connectivity index (χ3v) is 3.93. The Morgan fingerprint density at radius 1 is 0.731 bits per heavy atom. The van der Waals surface area contributed by atoms with Crippen LogP contribution in [0.25, 0.3) is 0 Å². The van der Waals surface area contributed by atoms with E-state index in [0.29, 0.717) is 0 Å². The van der Waals surface area contributed by atoms with Gasteiger partial charge in [-0.25, -0.2) is 4.57 Å². The fraction of sp³-hybridized carbons (Fsp3) is 0.100. The Labute approximate surface area is 153 Å². The topological polar surface area (TPSA) is 70.0 Å². The van der Waals surface area contributed by atoms with E-state index in [4.69, 9.17) is 9.79 Å². The summed E-state index contributed by atoms with van der Waals surface area (Å²) in [5.41, 5.74) is 3.50. The highest BCUT2D eigenvalue weighted by molar-refractivity contribution is 7.46. The summed E-state index contributed by atoms with van der Waals surface area (Å²) in [7, 11) is -4.17. The Morgan fingerprint density at radius 3 is 1.23 bits per heavy atom. The Hall–Kier alpha value is -2.43. The molecule has 0 aromatic heterocycles. The molecule has 0 fully saturated rings. The summed E-state index contributed by atoms with van der Waals surface area (Å²) in [6.45, 7) is 1.56. The molecule has 3 aromatic carbocycles. The van der Waals surface area contributed by atoms with Crippen molar-refractivity contribution < 1.29 is 18.9 Å². The molecule has 26 heavy (non-hydrogen) atoms. The van der Waals surface area contributed by atoms with Gasteiger partial charge in [0.1, 0.15) is 0 Å². The molecule has 0 aliphatic heterocycles. The fourth-order valence-electron chi connectivity index (χ4n) is 2.35. The minimum Gasteiger partial charge on any atom is -0.311 e. The third-order valence-electron chi connectivity index (χ3n) is 3.34. The van der Waals surface area contributed by atoms with Crippen LogP contribution in [0.15, 0.2) is 91.0 Å². The van der Waals surface area contributed by atoms with Crippen molar-refractivity contribution in [3.63, 3.8) is 0 Å². The number of anilines is 3. The molecule has 0 radical (unpaired) electrons. The predicted molar refractivity (Wildman–Crippen MR) is 105 cm³/mol. The Balaban J connectivity index is 0.000000298. The molecule has 0 atom stereocenters. The molecule has 0 saturated heterocycles. The standard InChI is InChI=1S/C18H15N.C2H7O4P/c1-4-10-16(11-5-1)19(17-12-6-2-7-13-17)18-14-8-3-9-15-18;1-2-6-7(3,4)5/h1-15H;2H2,1H3,(H2,3,4,5). The van der Waals surface area contributed by atoms with Crippen LogP contribution in [-0.4, -0.2) is 16.4 Å². The van der Waals surface area contributed by atoms with Crippen LogP contribution in [0.3, 0.4) is 0 Å². The molecule has 0 saturated carbocycles. The lowest BCUT2D eigenvalue weighted by molar-refractivity contribution is 0.206. The highest BCUT2D eigenvalue weighted by Gasteiger charge is 2.10. The molecule has 2 N–H and O–H groups in total. The first kappa shape index (κ1) is 19.9. The van der Waals surface area contributed by atoms with Crippen molar-refractivity contribution in [1.29, 1.82) is 0 Å². The quantitative estimate of drug-likeness (QED) is 0.598. The minimum absolute atomic E-state index is 0.0459. The Bertz CT molecular complexity index is 713. The first-order chi connectivity index (χ1) is 12.5. The number of nitrogens with zero attached hydrogens (tertiary/aromatic N) is 1. The number of phosphoric ester groups is 1. The number of para-hydroxylation sites is 3. The third kappa shape index (κ3) is 6.47. The zero-order valence-electron chi connectivity index (χ0n) is 14.5. The monoisotopic (exact) mass is 371 g/mol. The van der Waals surface area contributed by atoms with Crippen molar-refractivity contribution >= 4 is 24.9 Å². The maximum absolute atomic E-state index is 9.70.